The van der Waals surface area contributed by atoms with Crippen LogP contribution in [0.3, 0.4) is 0 Å². The summed E-state index contributed by atoms with van der Waals surface area (Å²) >= 11 is 0. The molecule has 0 saturated carbocycles. The smallest absolute Gasteiger partial charge is 0.213 e. The molecule has 1 aromatic heterocycles. The fraction of sp³-hybridized carbons (Fsp3) is 0.643. The average molecular weight is 232 g/mol. The van der Waals surface area contributed by atoms with Gasteiger partial charge < -0.3 is 9.64 Å². The van der Waals surface area contributed by atoms with Crippen molar-refractivity contribution < 1.29 is 4.74 Å². The Bertz CT molecular complexity index is 376. The van der Waals surface area contributed by atoms with Crippen LogP contribution in [0.2, 0.25) is 0 Å². The molecule has 2 saturated heterocycles. The first-order chi connectivity index (χ1) is 8.22. The molecule has 0 aliphatic carbocycles. The van der Waals surface area contributed by atoms with Crippen LogP contribution in [0.4, 0.5) is 0 Å². The van der Waals surface area contributed by atoms with E-state index in [-0.39, 0.29) is 0 Å². The van der Waals surface area contributed by atoms with Crippen LogP contribution in [-0.4, -0.2) is 35.1 Å². The summed E-state index contributed by atoms with van der Waals surface area (Å²) in [6.45, 7) is 2.05. The normalized spacial score (nSPS) is 32.7. The van der Waals surface area contributed by atoms with E-state index in [9.17, 15) is 0 Å². The van der Waals surface area contributed by atoms with Gasteiger partial charge in [0.05, 0.1) is 0 Å². The molecular formula is C14H20N2O. The van der Waals surface area contributed by atoms with E-state index in [0.717, 1.165) is 30.8 Å². The summed E-state index contributed by atoms with van der Waals surface area (Å²) in [6, 6.07) is 5.50. The van der Waals surface area contributed by atoms with Gasteiger partial charge in [0.1, 0.15) is 6.10 Å². The third-order valence-electron chi connectivity index (χ3n) is 4.23. The van der Waals surface area contributed by atoms with Gasteiger partial charge in [-0.1, -0.05) is 6.07 Å². The molecule has 1 aromatic rings. The Labute approximate surface area is 103 Å². The number of ether oxygens (including phenoxy) is 1. The molecule has 2 unspecified atom stereocenters. The lowest BCUT2D eigenvalue weighted by Gasteiger charge is -2.36. The summed E-state index contributed by atoms with van der Waals surface area (Å²) in [6.07, 6.45) is 7.22. The third-order valence-corrected chi connectivity index (χ3v) is 4.23. The van der Waals surface area contributed by atoms with Gasteiger partial charge in [-0.15, -0.1) is 0 Å². The van der Waals surface area contributed by atoms with Crippen molar-refractivity contribution in [1.82, 2.24) is 9.88 Å². The monoisotopic (exact) mass is 232 g/mol. The molecule has 2 aliphatic rings. The number of fused-ring (bicyclic) bond motifs is 2. The Morgan fingerprint density at radius 3 is 2.53 bits per heavy atom. The second-order valence-corrected chi connectivity index (χ2v) is 5.44. The molecule has 92 valence electrons. The number of nitrogens with zero attached hydrogens (tertiary/aromatic N) is 2. The van der Waals surface area contributed by atoms with Crippen molar-refractivity contribution >= 4 is 0 Å². The maximum Gasteiger partial charge on any atom is 0.213 e. The van der Waals surface area contributed by atoms with Crippen LogP contribution < -0.4 is 4.74 Å². The fourth-order valence-electron chi connectivity index (χ4n) is 3.15. The minimum Gasteiger partial charge on any atom is -0.474 e. The van der Waals surface area contributed by atoms with Crippen LogP contribution in [-0.2, 0) is 0 Å². The van der Waals surface area contributed by atoms with Crippen molar-refractivity contribution in [3.05, 3.63) is 23.9 Å². The Kier molecular flexibility index (Phi) is 2.79. The lowest BCUT2D eigenvalue weighted by Crippen LogP contribution is -2.43. The molecule has 17 heavy (non-hydrogen) atoms. The van der Waals surface area contributed by atoms with Crippen molar-refractivity contribution in [1.29, 1.82) is 0 Å². The number of rotatable bonds is 2. The van der Waals surface area contributed by atoms with Gasteiger partial charge in [-0.05, 0) is 45.2 Å². The van der Waals surface area contributed by atoms with E-state index in [1.165, 1.54) is 18.4 Å². The highest BCUT2D eigenvalue weighted by atomic mass is 16.5. The zero-order chi connectivity index (χ0) is 11.8. The minimum atomic E-state index is 0.360. The molecule has 0 amide bonds. The zero-order valence-electron chi connectivity index (χ0n) is 10.6. The van der Waals surface area contributed by atoms with Gasteiger partial charge >= 0.3 is 0 Å². The van der Waals surface area contributed by atoms with E-state index < -0.39 is 0 Å². The predicted octanol–water partition coefficient (Wildman–Crippen LogP) is 2.39. The van der Waals surface area contributed by atoms with E-state index in [0.29, 0.717) is 6.10 Å². The predicted molar refractivity (Wildman–Crippen MR) is 67.2 cm³/mol. The summed E-state index contributed by atoms with van der Waals surface area (Å²) in [4.78, 5) is 6.86. The number of aryl methyl sites for hydroxylation is 1. The van der Waals surface area contributed by atoms with Crippen molar-refractivity contribution in [3.8, 4) is 5.88 Å². The van der Waals surface area contributed by atoms with Crippen molar-refractivity contribution in [2.24, 2.45) is 0 Å². The molecule has 0 aromatic carbocycles. The quantitative estimate of drug-likeness (QED) is 0.783. The van der Waals surface area contributed by atoms with Gasteiger partial charge in [-0.2, -0.15) is 0 Å². The second-order valence-electron chi connectivity index (χ2n) is 5.44. The highest BCUT2D eigenvalue weighted by molar-refractivity contribution is 5.16. The molecule has 0 radical (unpaired) electrons. The van der Waals surface area contributed by atoms with Crippen molar-refractivity contribution in [3.63, 3.8) is 0 Å². The molecule has 3 nitrogen and oxygen atoms in total. The first-order valence-corrected chi connectivity index (χ1v) is 6.53. The first-order valence-electron chi connectivity index (χ1n) is 6.53. The van der Waals surface area contributed by atoms with Crippen molar-refractivity contribution in [2.75, 3.05) is 7.05 Å². The Morgan fingerprint density at radius 1 is 1.24 bits per heavy atom. The maximum atomic E-state index is 6.00. The second kappa shape index (κ2) is 4.30. The number of aromatic nitrogens is 1. The van der Waals surface area contributed by atoms with Gasteiger partial charge in [0, 0.05) is 24.3 Å². The van der Waals surface area contributed by atoms with Crippen LogP contribution in [0, 0.1) is 6.92 Å². The first kappa shape index (κ1) is 11.0. The largest absolute Gasteiger partial charge is 0.474 e. The van der Waals surface area contributed by atoms with E-state index >= 15 is 0 Å². The summed E-state index contributed by atoms with van der Waals surface area (Å²) in [7, 11) is 2.25. The van der Waals surface area contributed by atoms with Crippen LogP contribution in [0.5, 0.6) is 5.88 Å². The summed E-state index contributed by atoms with van der Waals surface area (Å²) in [5, 5.41) is 0. The third kappa shape index (κ3) is 2.16. The molecule has 2 bridgehead atoms. The minimum absolute atomic E-state index is 0.360. The molecule has 2 atom stereocenters. The van der Waals surface area contributed by atoms with Crippen LogP contribution >= 0.6 is 0 Å². The number of pyridine rings is 1. The summed E-state index contributed by atoms with van der Waals surface area (Å²) in [5.74, 6) is 0.782. The molecule has 3 heteroatoms. The van der Waals surface area contributed by atoms with Crippen LogP contribution in [0.15, 0.2) is 18.3 Å². The Morgan fingerprint density at radius 2 is 1.94 bits per heavy atom. The summed E-state index contributed by atoms with van der Waals surface area (Å²) < 4.78 is 6.00. The van der Waals surface area contributed by atoms with Gasteiger partial charge in [-0.25, -0.2) is 4.98 Å². The van der Waals surface area contributed by atoms with E-state index in [1.807, 2.05) is 19.2 Å². The lowest BCUT2D eigenvalue weighted by atomic mass is 10.0. The highest BCUT2D eigenvalue weighted by Gasteiger charge is 2.39. The summed E-state index contributed by atoms with van der Waals surface area (Å²) in [5.41, 5.74) is 1.18. The molecule has 0 N–H and O–H groups in total. The van der Waals surface area contributed by atoms with Crippen LogP contribution in [0.1, 0.15) is 31.2 Å². The van der Waals surface area contributed by atoms with Crippen LogP contribution in [0.25, 0.3) is 0 Å². The molecule has 2 fully saturated rings. The standard InChI is InChI=1S/C14H20N2O/c1-10-3-6-14(15-9-10)17-13-7-11-4-5-12(8-13)16(11)2/h3,6,9,11-13H,4-5,7-8H2,1-2H3. The maximum absolute atomic E-state index is 6.00. The van der Waals surface area contributed by atoms with E-state index in [4.69, 9.17) is 4.74 Å². The zero-order valence-corrected chi connectivity index (χ0v) is 10.6. The van der Waals surface area contributed by atoms with Gasteiger partial charge in [0.25, 0.3) is 0 Å². The molecular weight excluding hydrogens is 212 g/mol. The van der Waals surface area contributed by atoms with Crippen molar-refractivity contribution in [2.45, 2.75) is 50.8 Å². The molecule has 3 rings (SSSR count). The SMILES string of the molecule is Cc1ccc(OC2CC3CCC(C2)N3C)nc1. The number of piperidine rings is 1. The molecule has 2 aliphatic heterocycles. The lowest BCUT2D eigenvalue weighted by molar-refractivity contribution is 0.0632. The Balaban J connectivity index is 1.65. The number of hydrogen-bond acceptors (Lipinski definition) is 3. The average Bonchev–Trinajstić information content (AvgIpc) is 2.55. The van der Waals surface area contributed by atoms with Gasteiger partial charge in [-0.3, -0.25) is 0 Å². The molecule has 0 spiro atoms. The van der Waals surface area contributed by atoms with E-state index in [1.54, 1.807) is 0 Å². The topological polar surface area (TPSA) is 25.4 Å². The number of hydrogen-bond donors (Lipinski definition) is 0. The van der Waals surface area contributed by atoms with Gasteiger partial charge in [0.2, 0.25) is 5.88 Å². The highest BCUT2D eigenvalue weighted by Crippen LogP contribution is 2.35. The molecule has 3 heterocycles. The Hall–Kier alpha value is -1.09. The van der Waals surface area contributed by atoms with Gasteiger partial charge in [0.15, 0.2) is 0 Å². The van der Waals surface area contributed by atoms with E-state index in [2.05, 4.69) is 23.0 Å². The fourth-order valence-corrected chi connectivity index (χ4v) is 3.15.